The Labute approximate surface area is 116 Å². The summed E-state index contributed by atoms with van der Waals surface area (Å²) in [6, 6.07) is 1.82. The van der Waals surface area contributed by atoms with Crippen molar-refractivity contribution in [2.45, 2.75) is 23.8 Å². The van der Waals surface area contributed by atoms with E-state index in [1.807, 2.05) is 7.05 Å². The lowest BCUT2D eigenvalue weighted by molar-refractivity contribution is 0.293. The molecule has 1 atom stereocenters. The van der Waals surface area contributed by atoms with E-state index in [1.54, 1.807) is 12.3 Å². The predicted octanol–water partition coefficient (Wildman–Crippen LogP) is 1.22. The average Bonchev–Trinajstić information content (AvgIpc) is 2.39. The maximum Gasteiger partial charge on any atom is 0.244 e. The van der Waals surface area contributed by atoms with Crippen molar-refractivity contribution in [1.82, 2.24) is 14.6 Å². The van der Waals surface area contributed by atoms with E-state index < -0.39 is 10.0 Å². The second kappa shape index (κ2) is 5.64. The number of sulfonamides is 1. The fourth-order valence-corrected chi connectivity index (χ4v) is 4.11. The molecule has 1 aromatic rings. The van der Waals surface area contributed by atoms with Crippen LogP contribution in [0.4, 0.5) is 0 Å². The highest BCUT2D eigenvalue weighted by atomic mass is 79.9. The van der Waals surface area contributed by atoms with Crippen molar-refractivity contribution < 1.29 is 8.42 Å². The Morgan fingerprint density at radius 2 is 2.28 bits per heavy atom. The number of hydrogen-bond acceptors (Lipinski definition) is 4. The zero-order valence-electron chi connectivity index (χ0n) is 10.1. The van der Waals surface area contributed by atoms with Gasteiger partial charge < -0.3 is 5.32 Å². The quantitative estimate of drug-likeness (QED) is 0.903. The summed E-state index contributed by atoms with van der Waals surface area (Å²) in [5.41, 5.74) is 0. The van der Waals surface area contributed by atoms with Crippen molar-refractivity contribution in [1.29, 1.82) is 0 Å². The number of nitrogens with one attached hydrogen (secondary N) is 1. The van der Waals surface area contributed by atoms with Crippen LogP contribution in [0.5, 0.6) is 0 Å². The van der Waals surface area contributed by atoms with E-state index >= 15 is 0 Å². The van der Waals surface area contributed by atoms with Crippen LogP contribution in [0.25, 0.3) is 0 Å². The van der Waals surface area contributed by atoms with Crippen molar-refractivity contribution in [3.8, 4) is 0 Å². The predicted molar refractivity (Wildman–Crippen MR) is 72.8 cm³/mol. The third-order valence-corrected chi connectivity index (χ3v) is 5.37. The van der Waals surface area contributed by atoms with E-state index in [4.69, 9.17) is 0 Å². The number of rotatable bonds is 3. The highest BCUT2D eigenvalue weighted by Gasteiger charge is 2.29. The van der Waals surface area contributed by atoms with E-state index in [-0.39, 0.29) is 10.9 Å². The van der Waals surface area contributed by atoms with Crippen LogP contribution < -0.4 is 5.32 Å². The van der Waals surface area contributed by atoms with Gasteiger partial charge in [-0.1, -0.05) is 0 Å². The first-order valence-corrected chi connectivity index (χ1v) is 8.05. The molecule has 0 aromatic carbocycles. The van der Waals surface area contributed by atoms with Crippen LogP contribution >= 0.6 is 15.9 Å². The second-order valence-corrected chi connectivity index (χ2v) is 7.18. The molecule has 1 aromatic heterocycles. The van der Waals surface area contributed by atoms with Crippen molar-refractivity contribution >= 4 is 26.0 Å². The molecule has 1 aliphatic rings. The summed E-state index contributed by atoms with van der Waals surface area (Å²) in [5, 5.41) is 3.14. The van der Waals surface area contributed by atoms with E-state index in [0.717, 1.165) is 12.8 Å². The summed E-state index contributed by atoms with van der Waals surface area (Å²) < 4.78 is 27.1. The molecular formula is C11H16BrN3O2S. The Bertz CT molecular complexity index is 521. The highest BCUT2D eigenvalue weighted by Crippen LogP contribution is 2.22. The molecule has 0 bridgehead atoms. The molecular weight excluding hydrogens is 318 g/mol. The first-order chi connectivity index (χ1) is 8.54. The van der Waals surface area contributed by atoms with Gasteiger partial charge in [0.2, 0.25) is 10.0 Å². The third kappa shape index (κ3) is 2.90. The van der Waals surface area contributed by atoms with Crippen LogP contribution in [-0.4, -0.2) is 43.9 Å². The van der Waals surface area contributed by atoms with Gasteiger partial charge >= 0.3 is 0 Å². The van der Waals surface area contributed by atoms with Crippen molar-refractivity contribution in [3.63, 3.8) is 0 Å². The molecule has 2 heterocycles. The van der Waals surface area contributed by atoms with Gasteiger partial charge in [0.05, 0.1) is 0 Å². The number of pyridine rings is 1. The monoisotopic (exact) mass is 333 g/mol. The van der Waals surface area contributed by atoms with Crippen molar-refractivity contribution in [2.75, 3.05) is 20.1 Å². The Morgan fingerprint density at radius 1 is 1.50 bits per heavy atom. The second-order valence-electron chi connectivity index (χ2n) is 4.33. The lowest BCUT2D eigenvalue weighted by Gasteiger charge is -2.31. The molecule has 100 valence electrons. The minimum atomic E-state index is -3.43. The molecule has 0 aliphatic carbocycles. The Hall–Kier alpha value is -0.500. The zero-order chi connectivity index (χ0) is 13.2. The number of likely N-dealkylation sites (N-methyl/N-ethyl adjacent to an activating group) is 1. The number of nitrogens with zero attached hydrogens (tertiary/aromatic N) is 2. The van der Waals surface area contributed by atoms with Gasteiger partial charge in [-0.25, -0.2) is 8.42 Å². The van der Waals surface area contributed by atoms with E-state index in [1.165, 1.54) is 10.5 Å². The van der Waals surface area contributed by atoms with Crippen LogP contribution in [0.1, 0.15) is 12.8 Å². The first-order valence-electron chi connectivity index (χ1n) is 5.82. The van der Waals surface area contributed by atoms with E-state index in [0.29, 0.717) is 17.6 Å². The molecule has 0 spiro atoms. The summed E-state index contributed by atoms with van der Waals surface area (Å²) in [7, 11) is -1.56. The molecule has 5 nitrogen and oxygen atoms in total. The summed E-state index contributed by atoms with van der Waals surface area (Å²) in [6.45, 7) is 1.10. The standard InChI is InChI=1S/C11H16BrN3O2S/c1-13-10-3-2-4-15(8-10)18(16,17)11-5-9(12)6-14-7-11/h5-7,10,13H,2-4,8H2,1H3/t10-/m1/s1. The average molecular weight is 334 g/mol. The van der Waals surface area contributed by atoms with Crippen LogP contribution in [0.2, 0.25) is 0 Å². The minimum absolute atomic E-state index is 0.230. The maximum atomic E-state index is 12.4. The van der Waals surface area contributed by atoms with Crippen molar-refractivity contribution in [3.05, 3.63) is 22.9 Å². The Morgan fingerprint density at radius 3 is 2.94 bits per heavy atom. The Kier molecular flexibility index (Phi) is 4.37. The summed E-state index contributed by atoms with van der Waals surface area (Å²) in [4.78, 5) is 4.16. The largest absolute Gasteiger partial charge is 0.316 e. The van der Waals surface area contributed by atoms with Crippen LogP contribution in [0, 0.1) is 0 Å². The molecule has 0 saturated carbocycles. The van der Waals surface area contributed by atoms with Gasteiger partial charge in [0.1, 0.15) is 4.90 Å². The zero-order valence-corrected chi connectivity index (χ0v) is 12.5. The smallest absolute Gasteiger partial charge is 0.244 e. The van der Waals surface area contributed by atoms with Gasteiger partial charge in [-0.2, -0.15) is 4.31 Å². The number of halogens is 1. The Balaban J connectivity index is 2.25. The minimum Gasteiger partial charge on any atom is -0.316 e. The summed E-state index contributed by atoms with van der Waals surface area (Å²) in [6.07, 6.45) is 4.86. The fourth-order valence-electron chi connectivity index (χ4n) is 2.08. The van der Waals surface area contributed by atoms with Gasteiger partial charge in [-0.05, 0) is 41.9 Å². The molecule has 1 fully saturated rings. The van der Waals surface area contributed by atoms with Crippen molar-refractivity contribution in [2.24, 2.45) is 0 Å². The SMILES string of the molecule is CN[C@@H]1CCCN(S(=O)(=O)c2cncc(Br)c2)C1. The molecule has 18 heavy (non-hydrogen) atoms. The number of aromatic nitrogens is 1. The molecule has 1 saturated heterocycles. The van der Waals surface area contributed by atoms with Gasteiger partial charge in [-0.15, -0.1) is 0 Å². The lowest BCUT2D eigenvalue weighted by atomic mass is 10.1. The van der Waals surface area contributed by atoms with E-state index in [9.17, 15) is 8.42 Å². The first kappa shape index (κ1) is 13.9. The molecule has 0 unspecified atom stereocenters. The molecule has 1 aliphatic heterocycles. The molecule has 7 heteroatoms. The van der Waals surface area contributed by atoms with E-state index in [2.05, 4.69) is 26.2 Å². The fraction of sp³-hybridized carbons (Fsp3) is 0.545. The summed E-state index contributed by atoms with van der Waals surface area (Å²) in [5.74, 6) is 0. The molecule has 0 amide bonds. The highest BCUT2D eigenvalue weighted by molar-refractivity contribution is 9.10. The lowest BCUT2D eigenvalue weighted by Crippen LogP contribution is -2.46. The van der Waals surface area contributed by atoms with Crippen LogP contribution in [0.3, 0.4) is 0 Å². The van der Waals surface area contributed by atoms with Gasteiger partial charge in [0.15, 0.2) is 0 Å². The molecule has 0 radical (unpaired) electrons. The topological polar surface area (TPSA) is 62.3 Å². The van der Waals surface area contributed by atoms with Gasteiger partial charge in [0.25, 0.3) is 0 Å². The maximum absolute atomic E-state index is 12.4. The third-order valence-electron chi connectivity index (χ3n) is 3.11. The summed E-state index contributed by atoms with van der Waals surface area (Å²) >= 11 is 3.25. The van der Waals surface area contributed by atoms with Crippen LogP contribution in [-0.2, 0) is 10.0 Å². The normalized spacial score (nSPS) is 22.0. The molecule has 1 N–H and O–H groups in total. The molecule has 2 rings (SSSR count). The number of piperidine rings is 1. The van der Waals surface area contributed by atoms with Crippen LogP contribution in [0.15, 0.2) is 27.8 Å². The van der Waals surface area contributed by atoms with Gasteiger partial charge in [0, 0.05) is 36.0 Å². The number of hydrogen-bond donors (Lipinski definition) is 1. The van der Waals surface area contributed by atoms with Gasteiger partial charge in [-0.3, -0.25) is 4.98 Å².